The van der Waals surface area contributed by atoms with Crippen LogP contribution in [0.4, 0.5) is 13.2 Å². The Labute approximate surface area is 167 Å². The van der Waals surface area contributed by atoms with Crippen molar-refractivity contribution in [1.29, 1.82) is 0 Å². The molecule has 10 heteroatoms. The number of aromatic nitrogens is 2. The number of carbonyl (C=O) groups excluding carboxylic acids is 1. The number of H-pyrrole nitrogens is 1. The van der Waals surface area contributed by atoms with Crippen molar-refractivity contribution in [2.24, 2.45) is 0 Å². The normalized spacial score (nSPS) is 12.0. The molecule has 0 aliphatic rings. The quantitative estimate of drug-likeness (QED) is 0.421. The van der Waals surface area contributed by atoms with Gasteiger partial charge < -0.3 is 4.74 Å². The molecule has 0 radical (unpaired) electrons. The second-order valence-corrected chi connectivity index (χ2v) is 6.33. The van der Waals surface area contributed by atoms with Crippen LogP contribution in [0.15, 0.2) is 40.7 Å². The molecule has 0 spiro atoms. The van der Waals surface area contributed by atoms with Crippen molar-refractivity contribution in [3.05, 3.63) is 68.0 Å². The van der Waals surface area contributed by atoms with Gasteiger partial charge in [-0.05, 0) is 30.7 Å². The van der Waals surface area contributed by atoms with Gasteiger partial charge in [0, 0.05) is 16.1 Å². The van der Waals surface area contributed by atoms with Crippen LogP contribution < -0.4 is 5.56 Å². The van der Waals surface area contributed by atoms with Crippen LogP contribution in [0.3, 0.4) is 0 Å². The van der Waals surface area contributed by atoms with Gasteiger partial charge in [0.05, 0.1) is 5.56 Å². The van der Waals surface area contributed by atoms with Gasteiger partial charge in [0.1, 0.15) is 17.3 Å². The molecule has 0 saturated carbocycles. The molecule has 1 aromatic heterocycles. The fraction of sp³-hybridized carbons (Fsp3) is 0.167. The van der Waals surface area contributed by atoms with E-state index in [1.807, 2.05) is 5.10 Å². The summed E-state index contributed by atoms with van der Waals surface area (Å²) in [6.45, 7) is 4.38. The van der Waals surface area contributed by atoms with Crippen LogP contribution >= 0.6 is 23.2 Å². The molecule has 28 heavy (non-hydrogen) atoms. The lowest BCUT2D eigenvalue weighted by atomic mass is 10.0. The average Bonchev–Trinajstić information content (AvgIpc) is 2.62. The SMILES string of the molecule is C=CCOC(=O)C(Cl)=Cc1cc(-c2n[nH]c(=O)c(C)c2C(F)(F)F)ccc1Cl. The number of benzene rings is 1. The summed E-state index contributed by atoms with van der Waals surface area (Å²) >= 11 is 11.9. The molecule has 0 bridgehead atoms. The first-order valence-electron chi connectivity index (χ1n) is 7.68. The maximum atomic E-state index is 13.5. The predicted molar refractivity (Wildman–Crippen MR) is 100 cm³/mol. The number of ether oxygens (including phenoxy) is 1. The summed E-state index contributed by atoms with van der Waals surface area (Å²) in [5, 5.41) is 5.38. The molecule has 148 valence electrons. The van der Waals surface area contributed by atoms with E-state index in [9.17, 15) is 22.8 Å². The molecule has 2 aromatic rings. The van der Waals surface area contributed by atoms with E-state index in [-0.39, 0.29) is 27.8 Å². The first-order chi connectivity index (χ1) is 13.1. The summed E-state index contributed by atoms with van der Waals surface area (Å²) in [5.74, 6) is -0.850. The van der Waals surface area contributed by atoms with Gasteiger partial charge >= 0.3 is 12.1 Å². The van der Waals surface area contributed by atoms with Crippen LogP contribution in [-0.4, -0.2) is 22.8 Å². The zero-order valence-corrected chi connectivity index (χ0v) is 15.9. The molecule has 1 aromatic carbocycles. The first-order valence-corrected chi connectivity index (χ1v) is 8.43. The minimum absolute atomic E-state index is 0.0197. The van der Waals surface area contributed by atoms with Crippen molar-refractivity contribution in [3.8, 4) is 11.3 Å². The summed E-state index contributed by atoms with van der Waals surface area (Å²) in [6, 6.07) is 3.89. The molecular weight excluding hydrogens is 420 g/mol. The van der Waals surface area contributed by atoms with Crippen molar-refractivity contribution in [2.45, 2.75) is 13.1 Å². The Morgan fingerprint density at radius 3 is 2.68 bits per heavy atom. The van der Waals surface area contributed by atoms with E-state index < -0.39 is 34.5 Å². The number of nitrogens with one attached hydrogen (secondary N) is 1. The zero-order valence-electron chi connectivity index (χ0n) is 14.4. The maximum Gasteiger partial charge on any atom is 0.419 e. The van der Waals surface area contributed by atoms with Crippen LogP contribution in [0.2, 0.25) is 5.02 Å². The number of esters is 1. The van der Waals surface area contributed by atoms with Crippen LogP contribution in [0, 0.1) is 6.92 Å². The van der Waals surface area contributed by atoms with E-state index in [0.29, 0.717) is 0 Å². The van der Waals surface area contributed by atoms with E-state index in [2.05, 4.69) is 11.7 Å². The van der Waals surface area contributed by atoms with E-state index in [1.54, 1.807) is 0 Å². The molecule has 0 fully saturated rings. The number of carbonyl (C=O) groups is 1. The van der Waals surface area contributed by atoms with Gasteiger partial charge in [-0.2, -0.15) is 18.3 Å². The van der Waals surface area contributed by atoms with Gasteiger partial charge in [-0.25, -0.2) is 9.89 Å². The number of rotatable bonds is 5. The lowest BCUT2D eigenvalue weighted by Crippen LogP contribution is -2.21. The number of hydrogen-bond acceptors (Lipinski definition) is 4. The second kappa shape index (κ2) is 8.62. The van der Waals surface area contributed by atoms with Crippen molar-refractivity contribution < 1.29 is 22.7 Å². The highest BCUT2D eigenvalue weighted by atomic mass is 35.5. The lowest BCUT2D eigenvalue weighted by Gasteiger charge is -2.14. The van der Waals surface area contributed by atoms with Gasteiger partial charge in [0.15, 0.2) is 0 Å². The van der Waals surface area contributed by atoms with Crippen molar-refractivity contribution in [2.75, 3.05) is 6.61 Å². The van der Waals surface area contributed by atoms with Crippen LogP contribution in [0.1, 0.15) is 16.7 Å². The monoisotopic (exact) mass is 432 g/mol. The third-order valence-corrected chi connectivity index (χ3v) is 4.19. The Balaban J connectivity index is 2.58. The highest BCUT2D eigenvalue weighted by Crippen LogP contribution is 2.37. The Morgan fingerprint density at radius 1 is 1.39 bits per heavy atom. The molecule has 2 rings (SSSR count). The first kappa shape index (κ1) is 21.7. The molecule has 0 unspecified atom stereocenters. The number of hydrogen-bond donors (Lipinski definition) is 1. The summed E-state index contributed by atoms with van der Waals surface area (Å²) in [5.41, 5.74) is -2.93. The van der Waals surface area contributed by atoms with Gasteiger partial charge in [0.2, 0.25) is 0 Å². The Kier molecular flexibility index (Phi) is 6.69. The molecule has 0 atom stereocenters. The summed E-state index contributed by atoms with van der Waals surface area (Å²) in [7, 11) is 0. The zero-order chi connectivity index (χ0) is 21.1. The van der Waals surface area contributed by atoms with Crippen LogP contribution in [0.25, 0.3) is 17.3 Å². The van der Waals surface area contributed by atoms with Crippen molar-refractivity contribution >= 4 is 35.2 Å². The minimum atomic E-state index is -4.80. The highest BCUT2D eigenvalue weighted by Gasteiger charge is 2.37. The lowest BCUT2D eigenvalue weighted by molar-refractivity contribution is -0.138. The third kappa shape index (κ3) is 4.82. The Morgan fingerprint density at radius 2 is 2.07 bits per heavy atom. The molecule has 0 aliphatic heterocycles. The van der Waals surface area contributed by atoms with Gasteiger partial charge in [-0.15, -0.1) is 0 Å². The largest absolute Gasteiger partial charge is 0.457 e. The van der Waals surface area contributed by atoms with Gasteiger partial charge in [-0.1, -0.05) is 41.9 Å². The predicted octanol–water partition coefficient (Wildman–Crippen LogP) is 4.73. The topological polar surface area (TPSA) is 72.0 Å². The van der Waals surface area contributed by atoms with E-state index in [1.165, 1.54) is 24.3 Å². The molecule has 0 amide bonds. The molecule has 0 saturated heterocycles. The number of nitrogens with zero attached hydrogens (tertiary/aromatic N) is 1. The average molecular weight is 433 g/mol. The molecular formula is C18H13Cl2F3N2O3. The summed E-state index contributed by atoms with van der Waals surface area (Å²) in [6.07, 6.45) is -2.30. The van der Waals surface area contributed by atoms with E-state index >= 15 is 0 Å². The van der Waals surface area contributed by atoms with Crippen LogP contribution in [0.5, 0.6) is 0 Å². The Bertz CT molecular complexity index is 1010. The van der Waals surface area contributed by atoms with Crippen molar-refractivity contribution in [1.82, 2.24) is 10.2 Å². The maximum absolute atomic E-state index is 13.5. The third-order valence-electron chi connectivity index (χ3n) is 3.58. The summed E-state index contributed by atoms with van der Waals surface area (Å²) < 4.78 is 45.2. The fourth-order valence-corrected chi connectivity index (χ4v) is 2.64. The van der Waals surface area contributed by atoms with E-state index in [0.717, 1.165) is 13.0 Å². The number of halogens is 5. The Hall–Kier alpha value is -2.58. The molecule has 1 heterocycles. The molecule has 1 N–H and O–H groups in total. The van der Waals surface area contributed by atoms with Gasteiger partial charge in [0.25, 0.3) is 5.56 Å². The number of alkyl halides is 3. The van der Waals surface area contributed by atoms with Gasteiger partial charge in [-0.3, -0.25) is 4.79 Å². The molecule has 5 nitrogen and oxygen atoms in total. The molecule has 0 aliphatic carbocycles. The van der Waals surface area contributed by atoms with Crippen LogP contribution in [-0.2, 0) is 15.7 Å². The van der Waals surface area contributed by atoms with E-state index in [4.69, 9.17) is 27.9 Å². The smallest absolute Gasteiger partial charge is 0.419 e. The van der Waals surface area contributed by atoms with Crippen molar-refractivity contribution in [3.63, 3.8) is 0 Å². The standard InChI is InChI=1S/C18H13Cl2F3N2O3/c1-3-6-28-17(27)13(20)8-11-7-10(4-5-12(11)19)15-14(18(21,22)23)9(2)16(26)25-24-15/h3-5,7-8H,1,6H2,2H3,(H,25,26). The summed E-state index contributed by atoms with van der Waals surface area (Å²) in [4.78, 5) is 23.3. The second-order valence-electron chi connectivity index (χ2n) is 5.51. The highest BCUT2D eigenvalue weighted by molar-refractivity contribution is 6.43. The fourth-order valence-electron chi connectivity index (χ4n) is 2.29. The number of aromatic amines is 1. The minimum Gasteiger partial charge on any atom is -0.457 e.